The molecule has 0 heterocycles. The molecule has 0 unspecified atom stereocenters. The van der Waals surface area contributed by atoms with E-state index in [1.54, 1.807) is 0 Å². The minimum absolute atomic E-state index is 0.293. The van der Waals surface area contributed by atoms with Gasteiger partial charge in [0.2, 0.25) is 0 Å². The highest BCUT2D eigenvalue weighted by molar-refractivity contribution is 5.24. The van der Waals surface area contributed by atoms with Crippen LogP contribution < -0.4 is 0 Å². The molecule has 0 saturated heterocycles. The average molecular weight is 537 g/mol. The van der Waals surface area contributed by atoms with Gasteiger partial charge in [-0.15, -0.1) is 0 Å². The van der Waals surface area contributed by atoms with Gasteiger partial charge in [0.05, 0.1) is 0 Å². The van der Waals surface area contributed by atoms with E-state index in [2.05, 4.69) is 204 Å². The van der Waals surface area contributed by atoms with Gasteiger partial charge in [-0.3, -0.25) is 0 Å². The molecule has 0 fully saturated rings. The van der Waals surface area contributed by atoms with Crippen molar-refractivity contribution in [3.8, 4) is 0 Å². The molecule has 0 atom stereocenters. The molecule has 216 valence electrons. The van der Waals surface area contributed by atoms with Gasteiger partial charge in [-0.1, -0.05) is 204 Å². The van der Waals surface area contributed by atoms with Crippen molar-refractivity contribution >= 4 is 0 Å². The molecule has 0 aliphatic heterocycles. The normalized spacial score (nSPS) is 11.5. The second kappa shape index (κ2) is 15.6. The Labute approximate surface area is 247 Å². The van der Waals surface area contributed by atoms with Crippen molar-refractivity contribution in [1.82, 2.24) is 0 Å². The molecule has 0 radical (unpaired) electrons. The summed E-state index contributed by atoms with van der Waals surface area (Å²) in [5.41, 5.74) is 6.76. The maximum Gasteiger partial charge on any atom is -0.0132 e. The first-order valence-electron chi connectivity index (χ1n) is 14.6. The Bertz CT molecular complexity index is 962. The minimum Gasteiger partial charge on any atom is -0.0622 e. The minimum atomic E-state index is 0.293. The number of hydrogen-bond acceptors (Lipinski definition) is 0. The third-order valence-electron chi connectivity index (χ3n) is 6.56. The zero-order chi connectivity index (χ0) is 30.5. The second-order valence-electron chi connectivity index (χ2n) is 14.5. The van der Waals surface area contributed by atoms with Crippen molar-refractivity contribution in [2.24, 2.45) is 0 Å². The van der Waals surface area contributed by atoms with Crippen LogP contribution in [-0.4, -0.2) is 0 Å². The van der Waals surface area contributed by atoms with Crippen molar-refractivity contribution in [3.05, 3.63) is 144 Å². The third kappa shape index (κ3) is 14.3. The van der Waals surface area contributed by atoms with E-state index in [0.717, 1.165) is 0 Å². The summed E-state index contributed by atoms with van der Waals surface area (Å²) in [7, 11) is 0. The molecule has 4 aromatic carbocycles. The highest BCUT2D eigenvalue weighted by Crippen LogP contribution is 2.23. The molecule has 4 rings (SSSR count). The Hall–Kier alpha value is -3.12. The molecular weight excluding hydrogens is 480 g/mol. The van der Waals surface area contributed by atoms with Crippen LogP contribution in [0.15, 0.2) is 121 Å². The van der Waals surface area contributed by atoms with Gasteiger partial charge in [0.25, 0.3) is 0 Å². The molecule has 0 nitrogen and oxygen atoms in total. The zero-order valence-corrected chi connectivity index (χ0v) is 27.5. The van der Waals surface area contributed by atoms with Crippen LogP contribution in [0.3, 0.4) is 0 Å². The highest BCUT2D eigenvalue weighted by atomic mass is 14.2. The van der Waals surface area contributed by atoms with E-state index in [4.69, 9.17) is 0 Å². The fraction of sp³-hybridized carbons (Fsp3) is 0.400. The van der Waals surface area contributed by atoms with Crippen LogP contribution in [0.5, 0.6) is 0 Å². The van der Waals surface area contributed by atoms with Gasteiger partial charge < -0.3 is 0 Å². The number of rotatable bonds is 0. The van der Waals surface area contributed by atoms with Crippen LogP contribution in [0.1, 0.15) is 105 Å². The molecule has 4 aromatic rings. The largest absolute Gasteiger partial charge is 0.0622 e. The van der Waals surface area contributed by atoms with Crippen LogP contribution >= 0.6 is 0 Å². The predicted molar refractivity (Wildman–Crippen MR) is 181 cm³/mol. The predicted octanol–water partition coefficient (Wildman–Crippen LogP) is 11.9. The van der Waals surface area contributed by atoms with E-state index in [1.165, 1.54) is 22.3 Å². The Balaban J connectivity index is 0.000000267. The van der Waals surface area contributed by atoms with E-state index < -0.39 is 0 Å². The average Bonchev–Trinajstić information content (AvgIpc) is 2.90. The Morgan fingerprint density at radius 2 is 0.350 bits per heavy atom. The van der Waals surface area contributed by atoms with E-state index in [9.17, 15) is 0 Å². The quantitative estimate of drug-likeness (QED) is 0.210. The van der Waals surface area contributed by atoms with Gasteiger partial charge in [-0.25, -0.2) is 0 Å². The molecule has 0 bridgehead atoms. The van der Waals surface area contributed by atoms with Crippen LogP contribution in [0.4, 0.5) is 0 Å². The molecule has 0 heteroatoms. The lowest BCUT2D eigenvalue weighted by atomic mass is 9.87. The first-order valence-corrected chi connectivity index (χ1v) is 14.6. The maximum atomic E-state index is 2.22. The summed E-state index contributed by atoms with van der Waals surface area (Å²) in [6, 6.07) is 42.2. The summed E-state index contributed by atoms with van der Waals surface area (Å²) in [5.74, 6) is 0. The fourth-order valence-corrected chi connectivity index (χ4v) is 3.75. The van der Waals surface area contributed by atoms with Crippen molar-refractivity contribution in [3.63, 3.8) is 0 Å². The Morgan fingerprint density at radius 3 is 0.425 bits per heavy atom. The van der Waals surface area contributed by atoms with Crippen molar-refractivity contribution in [2.75, 3.05) is 0 Å². The molecule has 0 aromatic heterocycles. The monoisotopic (exact) mass is 536 g/mol. The van der Waals surface area contributed by atoms with E-state index in [-0.39, 0.29) is 0 Å². The molecule has 0 amide bonds. The van der Waals surface area contributed by atoms with Gasteiger partial charge >= 0.3 is 0 Å². The zero-order valence-electron chi connectivity index (χ0n) is 27.5. The van der Waals surface area contributed by atoms with Crippen LogP contribution in [0.25, 0.3) is 0 Å². The molecule has 40 heavy (non-hydrogen) atoms. The van der Waals surface area contributed by atoms with E-state index in [0.29, 0.717) is 21.7 Å². The van der Waals surface area contributed by atoms with Gasteiger partial charge in [0.15, 0.2) is 0 Å². The lowest BCUT2D eigenvalue weighted by Crippen LogP contribution is -2.10. The van der Waals surface area contributed by atoms with Crippen LogP contribution in [0.2, 0.25) is 0 Å². The first-order chi connectivity index (χ1) is 18.4. The van der Waals surface area contributed by atoms with Crippen molar-refractivity contribution in [2.45, 2.75) is 105 Å². The Kier molecular flexibility index (Phi) is 13.6. The van der Waals surface area contributed by atoms with Crippen LogP contribution in [0, 0.1) is 0 Å². The Morgan fingerprint density at radius 1 is 0.225 bits per heavy atom. The molecular formula is C40H56. The van der Waals surface area contributed by atoms with Crippen molar-refractivity contribution < 1.29 is 0 Å². The highest BCUT2D eigenvalue weighted by Gasteiger charge is 2.13. The molecule has 0 saturated carbocycles. The SMILES string of the molecule is CC(C)(C)c1ccccc1.CC(C)(C)c1ccccc1.CC(C)(C)c1ccccc1.CC(C)(C)c1ccccc1. The number of hydrogen-bond donors (Lipinski definition) is 0. The summed E-state index contributed by atoms with van der Waals surface area (Å²) in [6.45, 7) is 26.7. The van der Waals surface area contributed by atoms with Gasteiger partial charge in [-0.2, -0.15) is 0 Å². The van der Waals surface area contributed by atoms with Crippen LogP contribution in [-0.2, 0) is 21.7 Å². The topological polar surface area (TPSA) is 0 Å². The molecule has 0 spiro atoms. The smallest absolute Gasteiger partial charge is 0.0132 e. The molecule has 0 aliphatic carbocycles. The maximum absolute atomic E-state index is 2.22. The standard InChI is InChI=1S/4C10H14/c4*1-10(2,3)9-7-5-4-6-8-9/h4*4-8H,1-3H3. The van der Waals surface area contributed by atoms with E-state index >= 15 is 0 Å². The lowest BCUT2D eigenvalue weighted by Gasteiger charge is -2.18. The fourth-order valence-electron chi connectivity index (χ4n) is 3.75. The second-order valence-corrected chi connectivity index (χ2v) is 14.5. The summed E-state index contributed by atoms with van der Waals surface area (Å²) >= 11 is 0. The molecule has 0 aliphatic rings. The molecule has 0 N–H and O–H groups in total. The summed E-state index contributed by atoms with van der Waals surface area (Å²) in [6.07, 6.45) is 0. The van der Waals surface area contributed by atoms with E-state index in [1.807, 2.05) is 0 Å². The lowest BCUT2D eigenvalue weighted by molar-refractivity contribution is 0.590. The summed E-state index contributed by atoms with van der Waals surface area (Å²) in [5, 5.41) is 0. The van der Waals surface area contributed by atoms with Gasteiger partial charge in [0, 0.05) is 0 Å². The summed E-state index contributed by atoms with van der Waals surface area (Å²) < 4.78 is 0. The van der Waals surface area contributed by atoms with Crippen molar-refractivity contribution in [1.29, 1.82) is 0 Å². The first kappa shape index (κ1) is 34.9. The van der Waals surface area contributed by atoms with Gasteiger partial charge in [-0.05, 0) is 43.9 Å². The number of benzene rings is 4. The summed E-state index contributed by atoms with van der Waals surface area (Å²) in [4.78, 5) is 0. The third-order valence-corrected chi connectivity index (χ3v) is 6.56. The van der Waals surface area contributed by atoms with Gasteiger partial charge in [0.1, 0.15) is 0 Å².